The minimum atomic E-state index is 0.158. The lowest BCUT2D eigenvalue weighted by molar-refractivity contribution is 0.150. The van der Waals surface area contributed by atoms with Gasteiger partial charge in [-0.05, 0) is 81.1 Å². The highest BCUT2D eigenvalue weighted by Gasteiger charge is 2.39. The predicted molar refractivity (Wildman–Crippen MR) is 131 cm³/mol. The van der Waals surface area contributed by atoms with Gasteiger partial charge in [0.1, 0.15) is 0 Å². The molecule has 0 unspecified atom stereocenters. The Balaban J connectivity index is 1.64. The molecule has 2 aliphatic rings. The zero-order chi connectivity index (χ0) is 21.1. The molecule has 0 saturated heterocycles. The molecule has 162 valence electrons. The number of unbranched alkanes of at least 4 members (excludes halogenated alkanes) is 3. The molecule has 2 nitrogen and oxygen atoms in total. The smallest absolute Gasteiger partial charge is 0.0442 e. The van der Waals surface area contributed by atoms with E-state index in [4.69, 9.17) is 0 Å². The summed E-state index contributed by atoms with van der Waals surface area (Å²) in [5.74, 6) is 2.48. The van der Waals surface area contributed by atoms with Gasteiger partial charge < -0.3 is 0 Å². The molecule has 0 aromatic heterocycles. The van der Waals surface area contributed by atoms with E-state index in [-0.39, 0.29) is 22.2 Å². The Morgan fingerprint density at radius 2 is 0.964 bits per heavy atom. The average molecular weight is 425 g/mol. The van der Waals surface area contributed by atoms with E-state index in [1.165, 1.54) is 37.2 Å². The molecule has 0 atom stereocenters. The quantitative estimate of drug-likeness (QED) is 0.215. The van der Waals surface area contributed by atoms with E-state index in [0.717, 1.165) is 12.8 Å². The van der Waals surface area contributed by atoms with Crippen LogP contribution in [0.3, 0.4) is 0 Å². The number of nitrogens with zero attached hydrogens (tertiary/aromatic N) is 2. The molecular formula is C24H44N2S2. The van der Waals surface area contributed by atoms with Gasteiger partial charge in [0, 0.05) is 33.7 Å². The molecule has 2 heterocycles. The zero-order valence-corrected chi connectivity index (χ0v) is 21.3. The maximum Gasteiger partial charge on any atom is 0.0442 e. The van der Waals surface area contributed by atoms with Crippen LogP contribution in [0.2, 0.25) is 0 Å². The third-order valence-corrected chi connectivity index (χ3v) is 9.30. The molecule has 0 aromatic rings. The summed E-state index contributed by atoms with van der Waals surface area (Å²) >= 11 is 4.12. The lowest BCUT2D eigenvalue weighted by Crippen LogP contribution is -2.52. The molecule has 0 radical (unpaired) electrons. The van der Waals surface area contributed by atoms with Gasteiger partial charge in [-0.25, -0.2) is 8.61 Å². The number of hydrogen-bond donors (Lipinski definition) is 0. The largest absolute Gasteiger partial charge is 0.235 e. The Kier molecular flexibility index (Phi) is 8.26. The van der Waals surface area contributed by atoms with Crippen LogP contribution in [0.15, 0.2) is 24.3 Å². The standard InChI is InChI=1S/C24H44N2S2/c1-21(2)15-13-16-22(3,4)25(21)27-19-11-9-10-12-20-28-26-23(5,6)17-14-18-24(26,7)8/h13-15,17H,9-12,16,18-20H2,1-8H3. The maximum absolute atomic E-state index is 2.63. The van der Waals surface area contributed by atoms with E-state index in [9.17, 15) is 0 Å². The van der Waals surface area contributed by atoms with Crippen molar-refractivity contribution in [3.63, 3.8) is 0 Å². The Bertz CT molecular complexity index is 511. The van der Waals surface area contributed by atoms with Gasteiger partial charge in [-0.3, -0.25) is 0 Å². The van der Waals surface area contributed by atoms with Gasteiger partial charge in [0.25, 0.3) is 0 Å². The van der Waals surface area contributed by atoms with Crippen LogP contribution in [0, 0.1) is 0 Å². The fourth-order valence-electron chi connectivity index (χ4n) is 4.68. The van der Waals surface area contributed by atoms with Crippen molar-refractivity contribution in [1.82, 2.24) is 8.61 Å². The van der Waals surface area contributed by atoms with Crippen LogP contribution in [0.25, 0.3) is 0 Å². The maximum atomic E-state index is 2.63. The molecule has 0 bridgehead atoms. The molecule has 2 rings (SSSR count). The van der Waals surface area contributed by atoms with Gasteiger partial charge in [-0.2, -0.15) is 0 Å². The molecule has 0 aromatic carbocycles. The molecule has 2 aliphatic heterocycles. The first-order valence-corrected chi connectivity index (χ1v) is 13.0. The third-order valence-electron chi connectivity index (χ3n) is 5.91. The predicted octanol–water partition coefficient (Wildman–Crippen LogP) is 7.48. The molecule has 4 heteroatoms. The van der Waals surface area contributed by atoms with Gasteiger partial charge >= 0.3 is 0 Å². The Morgan fingerprint density at radius 1 is 0.607 bits per heavy atom. The topological polar surface area (TPSA) is 6.48 Å². The highest BCUT2D eigenvalue weighted by Crippen LogP contribution is 2.41. The minimum absolute atomic E-state index is 0.158. The van der Waals surface area contributed by atoms with Gasteiger partial charge in [-0.1, -0.05) is 61.0 Å². The summed E-state index contributed by atoms with van der Waals surface area (Å²) in [7, 11) is 0. The first-order valence-electron chi connectivity index (χ1n) is 11.1. The second-order valence-electron chi connectivity index (χ2n) is 10.8. The SMILES string of the molecule is CC1(C)C=CCC(C)(C)N1SCCCCCCSN1C(C)(C)C=CCC1(C)C. The van der Waals surface area contributed by atoms with Crippen LogP contribution in [-0.4, -0.2) is 42.3 Å². The molecule has 28 heavy (non-hydrogen) atoms. The second kappa shape index (κ2) is 9.49. The van der Waals surface area contributed by atoms with Crippen LogP contribution in [0.4, 0.5) is 0 Å². The lowest BCUT2D eigenvalue weighted by atomic mass is 9.88. The summed E-state index contributed by atoms with van der Waals surface area (Å²) in [5.41, 5.74) is 0.821. The van der Waals surface area contributed by atoms with E-state index in [1.54, 1.807) is 0 Å². The first-order chi connectivity index (χ1) is 12.9. The monoisotopic (exact) mass is 424 g/mol. The van der Waals surface area contributed by atoms with Crippen molar-refractivity contribution in [2.75, 3.05) is 11.5 Å². The average Bonchev–Trinajstić information content (AvgIpc) is 2.52. The lowest BCUT2D eigenvalue weighted by Gasteiger charge is -2.49. The normalized spacial score (nSPS) is 25.9. The van der Waals surface area contributed by atoms with Crippen molar-refractivity contribution in [2.45, 2.75) is 116 Å². The fourth-order valence-corrected chi connectivity index (χ4v) is 7.35. The van der Waals surface area contributed by atoms with Crippen LogP contribution >= 0.6 is 23.9 Å². The summed E-state index contributed by atoms with van der Waals surface area (Å²) in [6, 6.07) is 0. The van der Waals surface area contributed by atoms with E-state index in [2.05, 4.69) is 112 Å². The second-order valence-corrected chi connectivity index (χ2v) is 12.9. The van der Waals surface area contributed by atoms with E-state index in [0.29, 0.717) is 0 Å². The molecular weight excluding hydrogens is 380 g/mol. The van der Waals surface area contributed by atoms with E-state index >= 15 is 0 Å². The third kappa shape index (κ3) is 6.30. The minimum Gasteiger partial charge on any atom is -0.235 e. The molecule has 0 saturated carbocycles. The van der Waals surface area contributed by atoms with Gasteiger partial charge in [0.05, 0.1) is 0 Å². The van der Waals surface area contributed by atoms with E-state index < -0.39 is 0 Å². The summed E-state index contributed by atoms with van der Waals surface area (Å²) in [5, 5.41) is 0. The Morgan fingerprint density at radius 3 is 1.29 bits per heavy atom. The highest BCUT2D eigenvalue weighted by molar-refractivity contribution is 7.97. The van der Waals surface area contributed by atoms with Crippen LogP contribution in [-0.2, 0) is 0 Å². The number of hydrogen-bond acceptors (Lipinski definition) is 4. The van der Waals surface area contributed by atoms with Gasteiger partial charge in [0.2, 0.25) is 0 Å². The van der Waals surface area contributed by atoms with Crippen molar-refractivity contribution in [1.29, 1.82) is 0 Å². The molecule has 0 N–H and O–H groups in total. The Labute approximate surface area is 184 Å². The molecule has 0 fully saturated rings. The van der Waals surface area contributed by atoms with Gasteiger partial charge in [-0.15, -0.1) is 0 Å². The van der Waals surface area contributed by atoms with Gasteiger partial charge in [0.15, 0.2) is 0 Å². The van der Waals surface area contributed by atoms with Crippen molar-refractivity contribution >= 4 is 23.9 Å². The van der Waals surface area contributed by atoms with Crippen LogP contribution in [0.1, 0.15) is 93.9 Å². The first kappa shape index (κ1) is 24.4. The van der Waals surface area contributed by atoms with Crippen LogP contribution in [0.5, 0.6) is 0 Å². The summed E-state index contributed by atoms with van der Waals surface area (Å²) < 4.78 is 5.26. The Hall–Kier alpha value is 0.100. The highest BCUT2D eigenvalue weighted by atomic mass is 32.2. The summed E-state index contributed by atoms with van der Waals surface area (Å²) in [6.45, 7) is 18.9. The van der Waals surface area contributed by atoms with Crippen molar-refractivity contribution < 1.29 is 0 Å². The van der Waals surface area contributed by atoms with Crippen molar-refractivity contribution in [3.8, 4) is 0 Å². The van der Waals surface area contributed by atoms with Crippen molar-refractivity contribution in [3.05, 3.63) is 24.3 Å². The molecule has 0 amide bonds. The fraction of sp³-hybridized carbons (Fsp3) is 0.833. The van der Waals surface area contributed by atoms with E-state index in [1.807, 2.05) is 0 Å². The molecule has 0 aliphatic carbocycles. The van der Waals surface area contributed by atoms with Crippen LogP contribution < -0.4 is 0 Å². The zero-order valence-electron chi connectivity index (χ0n) is 19.7. The molecule has 0 spiro atoms. The summed E-state index contributed by atoms with van der Waals surface area (Å²) in [4.78, 5) is 0. The summed E-state index contributed by atoms with van der Waals surface area (Å²) in [6.07, 6.45) is 17.1. The number of rotatable bonds is 9. The van der Waals surface area contributed by atoms with Crippen molar-refractivity contribution in [2.24, 2.45) is 0 Å².